The van der Waals surface area contributed by atoms with E-state index in [1.165, 1.54) is 0 Å². The Morgan fingerprint density at radius 2 is 2.40 bits per heavy atom. The van der Waals surface area contributed by atoms with Crippen LogP contribution in [-0.4, -0.2) is 12.0 Å². The Morgan fingerprint density at radius 1 is 1.60 bits per heavy atom. The first-order chi connectivity index (χ1) is 7.18. The van der Waals surface area contributed by atoms with Gasteiger partial charge < -0.3 is 15.2 Å². The zero-order valence-electron chi connectivity index (χ0n) is 8.53. The lowest BCUT2D eigenvalue weighted by Crippen LogP contribution is -2.28. The minimum atomic E-state index is -0.588. The number of rotatable bonds is 2. The SMILES string of the molecule is C[C@H](N)C(=O)OC1=C2C=COC=C2CC1. The molecule has 0 unspecified atom stereocenters. The summed E-state index contributed by atoms with van der Waals surface area (Å²) >= 11 is 0. The van der Waals surface area contributed by atoms with E-state index in [0.717, 1.165) is 24.0 Å². The van der Waals surface area contributed by atoms with Crippen molar-refractivity contribution in [1.82, 2.24) is 0 Å². The average Bonchev–Trinajstić information content (AvgIpc) is 2.62. The molecule has 1 aliphatic heterocycles. The van der Waals surface area contributed by atoms with Gasteiger partial charge in [0, 0.05) is 12.0 Å². The highest BCUT2D eigenvalue weighted by atomic mass is 16.5. The van der Waals surface area contributed by atoms with Crippen molar-refractivity contribution in [3.8, 4) is 0 Å². The first-order valence-corrected chi connectivity index (χ1v) is 4.90. The Morgan fingerprint density at radius 3 is 3.13 bits per heavy atom. The molecule has 0 saturated heterocycles. The fourth-order valence-corrected chi connectivity index (χ4v) is 1.57. The number of ether oxygens (including phenoxy) is 2. The maximum absolute atomic E-state index is 11.3. The van der Waals surface area contributed by atoms with E-state index in [4.69, 9.17) is 15.2 Å². The third-order valence-electron chi connectivity index (χ3n) is 2.39. The summed E-state index contributed by atoms with van der Waals surface area (Å²) in [6, 6.07) is -0.588. The van der Waals surface area contributed by atoms with Crippen molar-refractivity contribution in [3.05, 3.63) is 35.5 Å². The number of esters is 1. The van der Waals surface area contributed by atoms with Crippen LogP contribution in [0.15, 0.2) is 35.5 Å². The van der Waals surface area contributed by atoms with E-state index >= 15 is 0 Å². The molecule has 0 spiro atoms. The summed E-state index contributed by atoms with van der Waals surface area (Å²) in [6.45, 7) is 1.61. The highest BCUT2D eigenvalue weighted by Crippen LogP contribution is 2.34. The van der Waals surface area contributed by atoms with Crippen molar-refractivity contribution < 1.29 is 14.3 Å². The van der Waals surface area contributed by atoms with Gasteiger partial charge in [-0.2, -0.15) is 0 Å². The maximum atomic E-state index is 11.3. The molecule has 2 aliphatic rings. The molecular formula is C11H13NO3. The summed E-state index contributed by atoms with van der Waals surface area (Å²) in [5, 5.41) is 0. The molecule has 80 valence electrons. The van der Waals surface area contributed by atoms with E-state index in [2.05, 4.69) is 0 Å². The summed E-state index contributed by atoms with van der Waals surface area (Å²) in [7, 11) is 0. The van der Waals surface area contributed by atoms with Crippen LogP contribution < -0.4 is 5.73 Å². The van der Waals surface area contributed by atoms with Crippen molar-refractivity contribution in [1.29, 1.82) is 0 Å². The Hall–Kier alpha value is -1.55. The van der Waals surface area contributed by atoms with Gasteiger partial charge in [0.15, 0.2) is 0 Å². The van der Waals surface area contributed by atoms with Crippen LogP contribution in [0.3, 0.4) is 0 Å². The van der Waals surface area contributed by atoms with Crippen LogP contribution in [0.4, 0.5) is 0 Å². The molecule has 0 fully saturated rings. The van der Waals surface area contributed by atoms with Gasteiger partial charge in [0.2, 0.25) is 0 Å². The van der Waals surface area contributed by atoms with Crippen molar-refractivity contribution in [2.75, 3.05) is 0 Å². The molecule has 0 radical (unpaired) electrons. The first-order valence-electron chi connectivity index (χ1n) is 4.90. The monoisotopic (exact) mass is 207 g/mol. The average molecular weight is 207 g/mol. The summed E-state index contributed by atoms with van der Waals surface area (Å²) in [5.74, 6) is 0.307. The largest absolute Gasteiger partial charge is 0.472 e. The zero-order valence-corrected chi connectivity index (χ0v) is 8.53. The van der Waals surface area contributed by atoms with Gasteiger partial charge in [-0.15, -0.1) is 0 Å². The number of hydrogen-bond acceptors (Lipinski definition) is 4. The molecule has 4 nitrogen and oxygen atoms in total. The molecule has 0 amide bonds. The van der Waals surface area contributed by atoms with Gasteiger partial charge in [0.05, 0.1) is 12.5 Å². The van der Waals surface area contributed by atoms with Crippen LogP contribution in [0, 0.1) is 0 Å². The standard InChI is InChI=1S/C11H13NO3/c1-7(12)11(13)15-10-3-2-8-6-14-5-4-9(8)10/h4-7H,2-3,12H2,1H3/t7-/m0/s1. The lowest BCUT2D eigenvalue weighted by Gasteiger charge is -2.09. The Bertz CT molecular complexity index is 377. The van der Waals surface area contributed by atoms with Crippen LogP contribution in [-0.2, 0) is 14.3 Å². The number of nitrogens with two attached hydrogens (primary N) is 1. The van der Waals surface area contributed by atoms with Crippen molar-refractivity contribution in [3.63, 3.8) is 0 Å². The molecule has 1 heterocycles. The van der Waals surface area contributed by atoms with Crippen LogP contribution in [0.5, 0.6) is 0 Å². The van der Waals surface area contributed by atoms with Crippen molar-refractivity contribution in [2.24, 2.45) is 5.73 Å². The molecule has 15 heavy (non-hydrogen) atoms. The third-order valence-corrected chi connectivity index (χ3v) is 2.39. The zero-order chi connectivity index (χ0) is 10.8. The molecule has 4 heteroatoms. The topological polar surface area (TPSA) is 61.6 Å². The number of hydrogen-bond donors (Lipinski definition) is 1. The highest BCUT2D eigenvalue weighted by molar-refractivity contribution is 5.76. The Labute approximate surface area is 88.0 Å². The summed E-state index contributed by atoms with van der Waals surface area (Å²) < 4.78 is 10.3. The molecule has 2 rings (SSSR count). The van der Waals surface area contributed by atoms with Gasteiger partial charge in [0.1, 0.15) is 11.8 Å². The fraction of sp³-hybridized carbons (Fsp3) is 0.364. The summed E-state index contributed by atoms with van der Waals surface area (Å²) in [4.78, 5) is 11.3. The van der Waals surface area contributed by atoms with Gasteiger partial charge in [-0.3, -0.25) is 0 Å². The minimum absolute atomic E-state index is 0.390. The second-order valence-electron chi connectivity index (χ2n) is 3.63. The molecule has 0 aromatic carbocycles. The first kappa shape index (κ1) is 9.98. The quantitative estimate of drug-likeness (QED) is 0.694. The number of allylic oxidation sites excluding steroid dienone is 4. The predicted molar refractivity (Wildman–Crippen MR) is 54.3 cm³/mol. The van der Waals surface area contributed by atoms with Crippen molar-refractivity contribution >= 4 is 5.97 Å². The third kappa shape index (κ3) is 1.94. The van der Waals surface area contributed by atoms with Gasteiger partial charge >= 0.3 is 5.97 Å². The second kappa shape index (κ2) is 3.90. The summed E-state index contributed by atoms with van der Waals surface area (Å²) in [6.07, 6.45) is 6.65. The van der Waals surface area contributed by atoms with Gasteiger partial charge in [-0.05, 0) is 25.0 Å². The van der Waals surface area contributed by atoms with Crippen molar-refractivity contribution in [2.45, 2.75) is 25.8 Å². The molecule has 1 aliphatic carbocycles. The number of carbonyl (C=O) groups excluding carboxylic acids is 1. The second-order valence-corrected chi connectivity index (χ2v) is 3.63. The van der Waals surface area contributed by atoms with E-state index in [0.29, 0.717) is 5.76 Å². The Kier molecular flexibility index (Phi) is 2.60. The minimum Gasteiger partial charge on any atom is -0.472 e. The molecule has 0 aromatic heterocycles. The lowest BCUT2D eigenvalue weighted by molar-refractivity contribution is -0.140. The molecule has 0 aromatic rings. The van der Waals surface area contributed by atoms with Gasteiger partial charge in [-0.25, -0.2) is 4.79 Å². The predicted octanol–water partition coefficient (Wildman–Crippen LogP) is 1.35. The maximum Gasteiger partial charge on any atom is 0.327 e. The summed E-state index contributed by atoms with van der Waals surface area (Å²) in [5.41, 5.74) is 7.46. The van der Waals surface area contributed by atoms with Crippen LogP contribution in [0.25, 0.3) is 0 Å². The van der Waals surface area contributed by atoms with Crippen LogP contribution in [0.1, 0.15) is 19.8 Å². The van der Waals surface area contributed by atoms with E-state index in [1.807, 2.05) is 6.08 Å². The van der Waals surface area contributed by atoms with Gasteiger partial charge in [-0.1, -0.05) is 0 Å². The van der Waals surface area contributed by atoms with Gasteiger partial charge in [0.25, 0.3) is 0 Å². The van der Waals surface area contributed by atoms with Crippen LogP contribution >= 0.6 is 0 Å². The lowest BCUT2D eigenvalue weighted by atomic mass is 10.1. The highest BCUT2D eigenvalue weighted by Gasteiger charge is 2.24. The number of fused-ring (bicyclic) bond motifs is 1. The Balaban J connectivity index is 2.16. The van der Waals surface area contributed by atoms with Crippen LogP contribution in [0.2, 0.25) is 0 Å². The molecule has 0 bridgehead atoms. The van der Waals surface area contributed by atoms with E-state index < -0.39 is 12.0 Å². The molecule has 2 N–H and O–H groups in total. The van der Waals surface area contributed by atoms with E-state index in [-0.39, 0.29) is 0 Å². The molecule has 1 atom stereocenters. The molecule has 0 saturated carbocycles. The fourth-order valence-electron chi connectivity index (χ4n) is 1.57. The molecular weight excluding hydrogens is 194 g/mol. The van der Waals surface area contributed by atoms with E-state index in [1.54, 1.807) is 19.4 Å². The normalized spacial score (nSPS) is 20.5. The number of carbonyl (C=O) groups is 1. The smallest absolute Gasteiger partial charge is 0.327 e. The van der Waals surface area contributed by atoms with E-state index in [9.17, 15) is 4.79 Å².